The molecule has 0 N–H and O–H groups in total. The summed E-state index contributed by atoms with van der Waals surface area (Å²) in [7, 11) is 4.83. The standard InChI is InChI=1S/C23H22N2O5S2/c1-27-15-6-8-17(9-7-15)31-14-20(26)25(13-16-5-4-12-30-16)23-24-21-18(28-2)10-11-19(29-3)22(21)32-23/h4-12H,13-14H2,1-3H3. The third-order valence-corrected chi connectivity index (χ3v) is 6.84. The molecule has 166 valence electrons. The van der Waals surface area contributed by atoms with Gasteiger partial charge < -0.3 is 18.6 Å². The van der Waals surface area contributed by atoms with Crippen LogP contribution in [0.2, 0.25) is 0 Å². The van der Waals surface area contributed by atoms with Crippen molar-refractivity contribution < 1.29 is 23.4 Å². The Balaban J connectivity index is 1.63. The first-order valence-corrected chi connectivity index (χ1v) is 11.5. The van der Waals surface area contributed by atoms with Crippen LogP contribution in [0, 0.1) is 0 Å². The molecule has 1 amide bonds. The third kappa shape index (κ3) is 4.68. The van der Waals surface area contributed by atoms with Gasteiger partial charge in [0.25, 0.3) is 0 Å². The quantitative estimate of drug-likeness (QED) is 0.310. The molecule has 0 aliphatic carbocycles. The number of carbonyl (C=O) groups excluding carboxylic acids is 1. The number of benzene rings is 2. The number of thiazole rings is 1. The normalized spacial score (nSPS) is 10.8. The fraction of sp³-hybridized carbons (Fsp3) is 0.217. The van der Waals surface area contributed by atoms with Gasteiger partial charge in [0, 0.05) is 4.90 Å². The molecule has 0 saturated heterocycles. The number of ether oxygens (including phenoxy) is 3. The zero-order valence-corrected chi connectivity index (χ0v) is 19.5. The Hall–Kier alpha value is -3.17. The van der Waals surface area contributed by atoms with Crippen LogP contribution in [0.15, 0.2) is 64.1 Å². The van der Waals surface area contributed by atoms with E-state index >= 15 is 0 Å². The molecule has 2 aromatic carbocycles. The molecule has 0 fully saturated rings. The minimum absolute atomic E-state index is 0.0841. The van der Waals surface area contributed by atoms with Crippen molar-refractivity contribution in [1.82, 2.24) is 4.98 Å². The number of carbonyl (C=O) groups is 1. The molecule has 32 heavy (non-hydrogen) atoms. The molecule has 0 atom stereocenters. The summed E-state index contributed by atoms with van der Waals surface area (Å²) in [6, 6.07) is 14.9. The van der Waals surface area contributed by atoms with E-state index in [0.717, 1.165) is 15.3 Å². The maximum Gasteiger partial charge on any atom is 0.239 e. The lowest BCUT2D eigenvalue weighted by atomic mass is 10.3. The van der Waals surface area contributed by atoms with Gasteiger partial charge in [0.2, 0.25) is 5.91 Å². The second kappa shape index (κ2) is 9.97. The zero-order valence-electron chi connectivity index (χ0n) is 17.9. The largest absolute Gasteiger partial charge is 0.497 e. The van der Waals surface area contributed by atoms with E-state index in [9.17, 15) is 4.79 Å². The third-order valence-electron chi connectivity index (χ3n) is 4.75. The van der Waals surface area contributed by atoms with Gasteiger partial charge in [-0.1, -0.05) is 11.3 Å². The number of amides is 1. The van der Waals surface area contributed by atoms with E-state index in [-0.39, 0.29) is 18.2 Å². The first kappa shape index (κ1) is 22.0. The number of aromatic nitrogens is 1. The van der Waals surface area contributed by atoms with Gasteiger partial charge >= 0.3 is 0 Å². The minimum Gasteiger partial charge on any atom is -0.497 e. The molecule has 7 nitrogen and oxygen atoms in total. The van der Waals surface area contributed by atoms with Crippen LogP contribution in [-0.4, -0.2) is 38.0 Å². The lowest BCUT2D eigenvalue weighted by Crippen LogP contribution is -2.31. The van der Waals surface area contributed by atoms with E-state index in [4.69, 9.17) is 23.6 Å². The number of thioether (sulfide) groups is 1. The topological polar surface area (TPSA) is 74.0 Å². The smallest absolute Gasteiger partial charge is 0.239 e. The van der Waals surface area contributed by atoms with Crippen LogP contribution in [0.5, 0.6) is 17.2 Å². The van der Waals surface area contributed by atoms with Crippen molar-refractivity contribution in [2.75, 3.05) is 32.0 Å². The summed E-state index contributed by atoms with van der Waals surface area (Å²) < 4.78 is 22.5. The molecule has 0 unspecified atom stereocenters. The van der Waals surface area contributed by atoms with Crippen molar-refractivity contribution in [3.05, 3.63) is 60.6 Å². The van der Waals surface area contributed by atoms with E-state index < -0.39 is 0 Å². The lowest BCUT2D eigenvalue weighted by Gasteiger charge is -2.18. The molecule has 0 spiro atoms. The molecular weight excluding hydrogens is 448 g/mol. The predicted molar refractivity (Wildman–Crippen MR) is 126 cm³/mol. The Morgan fingerprint density at radius 2 is 1.78 bits per heavy atom. The van der Waals surface area contributed by atoms with Crippen LogP contribution < -0.4 is 19.1 Å². The minimum atomic E-state index is -0.0841. The number of fused-ring (bicyclic) bond motifs is 1. The predicted octanol–water partition coefficient (Wildman–Crippen LogP) is 5.24. The summed E-state index contributed by atoms with van der Waals surface area (Å²) in [5.41, 5.74) is 0.659. The summed E-state index contributed by atoms with van der Waals surface area (Å²) in [5, 5.41) is 0.555. The van der Waals surface area contributed by atoms with Crippen molar-refractivity contribution >= 4 is 44.4 Å². The Kier molecular flexibility index (Phi) is 6.87. The molecular formula is C23H22N2O5S2. The van der Waals surface area contributed by atoms with Crippen LogP contribution in [0.3, 0.4) is 0 Å². The van der Waals surface area contributed by atoms with Crippen molar-refractivity contribution in [2.45, 2.75) is 11.4 Å². The highest BCUT2D eigenvalue weighted by atomic mass is 32.2. The SMILES string of the molecule is COc1ccc(SCC(=O)N(Cc2ccco2)c2nc3c(OC)ccc(OC)c3s2)cc1. The van der Waals surface area contributed by atoms with Crippen LogP contribution in [0.25, 0.3) is 10.2 Å². The van der Waals surface area contributed by atoms with E-state index in [1.165, 1.54) is 23.1 Å². The first-order chi connectivity index (χ1) is 15.6. The number of rotatable bonds is 9. The highest BCUT2D eigenvalue weighted by molar-refractivity contribution is 8.00. The lowest BCUT2D eigenvalue weighted by molar-refractivity contribution is -0.116. The average molecular weight is 471 g/mol. The summed E-state index contributed by atoms with van der Waals surface area (Å²) in [5.74, 6) is 2.92. The van der Waals surface area contributed by atoms with Crippen LogP contribution in [-0.2, 0) is 11.3 Å². The van der Waals surface area contributed by atoms with Crippen molar-refractivity contribution in [2.24, 2.45) is 0 Å². The summed E-state index contributed by atoms with van der Waals surface area (Å²) in [6.07, 6.45) is 1.59. The van der Waals surface area contributed by atoms with Gasteiger partial charge in [-0.3, -0.25) is 9.69 Å². The van der Waals surface area contributed by atoms with E-state index in [1.54, 1.807) is 38.6 Å². The Morgan fingerprint density at radius 3 is 2.44 bits per heavy atom. The maximum absolute atomic E-state index is 13.3. The van der Waals surface area contributed by atoms with E-state index in [1.807, 2.05) is 42.5 Å². The molecule has 2 heterocycles. The average Bonchev–Trinajstić information content (AvgIpc) is 3.50. The number of nitrogens with zero attached hydrogens (tertiary/aromatic N) is 2. The summed E-state index contributed by atoms with van der Waals surface area (Å²) in [6.45, 7) is 0.277. The van der Waals surface area contributed by atoms with Crippen molar-refractivity contribution in [1.29, 1.82) is 0 Å². The number of furan rings is 1. The van der Waals surface area contributed by atoms with Crippen LogP contribution in [0.4, 0.5) is 5.13 Å². The highest BCUT2D eigenvalue weighted by Crippen LogP contribution is 2.40. The van der Waals surface area contributed by atoms with Gasteiger partial charge in [0.1, 0.15) is 33.2 Å². The maximum atomic E-state index is 13.3. The van der Waals surface area contributed by atoms with Crippen molar-refractivity contribution in [3.8, 4) is 17.2 Å². The van der Waals surface area contributed by atoms with Gasteiger partial charge in [-0.25, -0.2) is 4.98 Å². The summed E-state index contributed by atoms with van der Waals surface area (Å²) in [4.78, 5) is 20.6. The summed E-state index contributed by atoms with van der Waals surface area (Å²) >= 11 is 2.84. The molecule has 4 aromatic rings. The van der Waals surface area contributed by atoms with Crippen LogP contribution >= 0.6 is 23.1 Å². The highest BCUT2D eigenvalue weighted by Gasteiger charge is 2.24. The van der Waals surface area contributed by atoms with E-state index in [2.05, 4.69) is 0 Å². The molecule has 2 aromatic heterocycles. The fourth-order valence-corrected chi connectivity index (χ4v) is 4.97. The Bertz CT molecular complexity index is 1150. The number of methoxy groups -OCH3 is 3. The monoisotopic (exact) mass is 470 g/mol. The number of hydrogen-bond acceptors (Lipinski definition) is 8. The second-order valence-corrected chi connectivity index (χ2v) is 8.69. The number of anilines is 1. The Morgan fingerprint density at radius 1 is 1.03 bits per heavy atom. The second-order valence-electron chi connectivity index (χ2n) is 6.67. The van der Waals surface area contributed by atoms with Gasteiger partial charge in [0.15, 0.2) is 5.13 Å². The molecule has 0 aliphatic heterocycles. The van der Waals surface area contributed by atoms with Gasteiger partial charge in [-0.15, -0.1) is 11.8 Å². The molecule has 9 heteroatoms. The first-order valence-electron chi connectivity index (χ1n) is 9.74. The van der Waals surface area contributed by atoms with Crippen LogP contribution in [0.1, 0.15) is 5.76 Å². The Labute approximate surface area is 193 Å². The van der Waals surface area contributed by atoms with Gasteiger partial charge in [-0.2, -0.15) is 0 Å². The fourth-order valence-electron chi connectivity index (χ4n) is 3.11. The molecule has 0 aliphatic rings. The zero-order chi connectivity index (χ0) is 22.5. The molecule has 0 saturated carbocycles. The molecule has 4 rings (SSSR count). The molecule has 0 radical (unpaired) electrons. The van der Waals surface area contributed by atoms with Gasteiger partial charge in [0.05, 0.1) is 39.9 Å². The van der Waals surface area contributed by atoms with Gasteiger partial charge in [-0.05, 0) is 48.5 Å². The number of hydrogen-bond donors (Lipinski definition) is 0. The van der Waals surface area contributed by atoms with E-state index in [0.29, 0.717) is 27.9 Å². The molecule has 0 bridgehead atoms. The van der Waals surface area contributed by atoms with Crippen molar-refractivity contribution in [3.63, 3.8) is 0 Å².